The van der Waals surface area contributed by atoms with E-state index < -0.39 is 0 Å². The van der Waals surface area contributed by atoms with Crippen LogP contribution >= 0.6 is 0 Å². The Balaban J connectivity index is 1.89. The van der Waals surface area contributed by atoms with E-state index in [0.717, 1.165) is 18.7 Å². The van der Waals surface area contributed by atoms with Crippen molar-refractivity contribution in [3.63, 3.8) is 0 Å². The number of nitrogens with zero attached hydrogens (tertiary/aromatic N) is 2. The van der Waals surface area contributed by atoms with E-state index in [2.05, 4.69) is 9.55 Å². The maximum Gasteiger partial charge on any atom is 0.108 e. The fourth-order valence-corrected chi connectivity index (χ4v) is 2.50. The zero-order valence-electron chi connectivity index (χ0n) is 9.58. The molecule has 0 atom stereocenters. The fourth-order valence-electron chi connectivity index (χ4n) is 2.50. The molecule has 0 aliphatic heterocycles. The van der Waals surface area contributed by atoms with Gasteiger partial charge in [0.2, 0.25) is 0 Å². The normalized spacial score (nSPS) is 20.4. The number of imidazole rings is 1. The van der Waals surface area contributed by atoms with Crippen LogP contribution in [0.5, 0.6) is 0 Å². The van der Waals surface area contributed by atoms with Crippen LogP contribution in [0, 0.1) is 0 Å². The van der Waals surface area contributed by atoms with Crippen LogP contribution in [0.3, 0.4) is 0 Å². The molecule has 0 saturated heterocycles. The van der Waals surface area contributed by atoms with Crippen molar-refractivity contribution in [1.82, 2.24) is 9.55 Å². The van der Waals surface area contributed by atoms with Gasteiger partial charge < -0.3 is 10.3 Å². The molecule has 2 rings (SSSR count). The average molecular weight is 207 g/mol. The number of hydrogen-bond donors (Lipinski definition) is 1. The lowest BCUT2D eigenvalue weighted by molar-refractivity contribution is 0.276. The van der Waals surface area contributed by atoms with Gasteiger partial charge in [0.1, 0.15) is 5.82 Å². The summed E-state index contributed by atoms with van der Waals surface area (Å²) < 4.78 is 2.09. The molecule has 0 radical (unpaired) electrons. The van der Waals surface area contributed by atoms with Crippen molar-refractivity contribution in [2.75, 3.05) is 0 Å². The van der Waals surface area contributed by atoms with Gasteiger partial charge in [-0.15, -0.1) is 0 Å². The average Bonchev–Trinajstić information content (AvgIpc) is 2.62. The van der Waals surface area contributed by atoms with E-state index in [1.54, 1.807) is 0 Å². The zero-order chi connectivity index (χ0) is 10.7. The monoisotopic (exact) mass is 207 g/mol. The highest BCUT2D eigenvalue weighted by Gasteiger charge is 2.27. The summed E-state index contributed by atoms with van der Waals surface area (Å²) in [7, 11) is 2.05. The Morgan fingerprint density at radius 2 is 2.13 bits per heavy atom. The lowest BCUT2D eigenvalue weighted by atomic mass is 9.79. The van der Waals surface area contributed by atoms with Crippen molar-refractivity contribution in [2.45, 2.75) is 50.5 Å². The first kappa shape index (κ1) is 10.7. The smallest absolute Gasteiger partial charge is 0.108 e. The van der Waals surface area contributed by atoms with Gasteiger partial charge in [-0.3, -0.25) is 0 Å². The molecule has 0 spiro atoms. The predicted octanol–water partition coefficient (Wildman–Crippen LogP) is 2.01. The largest absolute Gasteiger partial charge is 0.338 e. The van der Waals surface area contributed by atoms with Crippen LogP contribution in [0.1, 0.15) is 44.3 Å². The topological polar surface area (TPSA) is 43.8 Å². The van der Waals surface area contributed by atoms with Gasteiger partial charge in [-0.1, -0.05) is 19.3 Å². The minimum atomic E-state index is 0.0875. The van der Waals surface area contributed by atoms with Gasteiger partial charge >= 0.3 is 0 Å². The number of aryl methyl sites for hydroxylation is 2. The molecular formula is C12H21N3. The van der Waals surface area contributed by atoms with Crippen molar-refractivity contribution < 1.29 is 0 Å². The van der Waals surface area contributed by atoms with Gasteiger partial charge in [-0.25, -0.2) is 4.98 Å². The molecule has 15 heavy (non-hydrogen) atoms. The van der Waals surface area contributed by atoms with Gasteiger partial charge in [-0.2, -0.15) is 0 Å². The molecular weight excluding hydrogens is 186 g/mol. The number of hydrogen-bond acceptors (Lipinski definition) is 2. The first-order valence-electron chi connectivity index (χ1n) is 5.95. The molecule has 3 nitrogen and oxygen atoms in total. The highest BCUT2D eigenvalue weighted by atomic mass is 15.0. The Labute approximate surface area is 91.7 Å². The first-order chi connectivity index (χ1) is 7.20. The summed E-state index contributed by atoms with van der Waals surface area (Å²) in [6.45, 7) is 0. The van der Waals surface area contributed by atoms with Crippen molar-refractivity contribution in [3.8, 4) is 0 Å². The van der Waals surface area contributed by atoms with E-state index in [0.29, 0.717) is 0 Å². The first-order valence-corrected chi connectivity index (χ1v) is 5.95. The standard InChI is InChI=1S/C12H21N3/c1-15-10-9-14-11(15)5-8-12(13)6-3-2-4-7-12/h9-10H,2-8,13H2,1H3. The molecule has 1 heterocycles. The third-order valence-electron chi connectivity index (χ3n) is 3.62. The Hall–Kier alpha value is -0.830. The molecule has 1 aromatic rings. The lowest BCUT2D eigenvalue weighted by Crippen LogP contribution is -2.42. The SMILES string of the molecule is Cn1ccnc1CCC1(N)CCCCC1. The van der Waals surface area contributed by atoms with Crippen LogP contribution in [0.15, 0.2) is 12.4 Å². The second-order valence-electron chi connectivity index (χ2n) is 4.88. The van der Waals surface area contributed by atoms with Crippen molar-refractivity contribution in [1.29, 1.82) is 0 Å². The molecule has 84 valence electrons. The molecule has 1 aliphatic rings. The highest BCUT2D eigenvalue weighted by Crippen LogP contribution is 2.29. The van der Waals surface area contributed by atoms with Crippen LogP contribution < -0.4 is 5.73 Å². The Morgan fingerprint density at radius 1 is 1.40 bits per heavy atom. The van der Waals surface area contributed by atoms with E-state index in [-0.39, 0.29) is 5.54 Å². The number of rotatable bonds is 3. The Kier molecular flexibility index (Phi) is 3.10. The molecule has 3 heteroatoms. The molecule has 0 aromatic carbocycles. The fraction of sp³-hybridized carbons (Fsp3) is 0.750. The molecule has 1 aliphatic carbocycles. The van der Waals surface area contributed by atoms with Crippen molar-refractivity contribution >= 4 is 0 Å². The quantitative estimate of drug-likeness (QED) is 0.824. The summed E-state index contributed by atoms with van der Waals surface area (Å²) in [5.74, 6) is 1.16. The van der Waals surface area contributed by atoms with Crippen LogP contribution in [0.2, 0.25) is 0 Å². The zero-order valence-corrected chi connectivity index (χ0v) is 9.58. The summed E-state index contributed by atoms with van der Waals surface area (Å²) in [5.41, 5.74) is 6.48. The molecule has 1 aromatic heterocycles. The summed E-state index contributed by atoms with van der Waals surface area (Å²) in [6.07, 6.45) is 12.3. The molecule has 0 bridgehead atoms. The van der Waals surface area contributed by atoms with E-state index in [1.165, 1.54) is 32.1 Å². The molecule has 0 unspecified atom stereocenters. The second kappa shape index (κ2) is 4.35. The summed E-state index contributed by atoms with van der Waals surface area (Å²) in [5, 5.41) is 0. The van der Waals surface area contributed by atoms with Crippen LogP contribution in [0.25, 0.3) is 0 Å². The van der Waals surface area contributed by atoms with Crippen LogP contribution in [0.4, 0.5) is 0 Å². The third-order valence-corrected chi connectivity index (χ3v) is 3.62. The maximum atomic E-state index is 6.39. The third kappa shape index (κ3) is 2.59. The van der Waals surface area contributed by atoms with Crippen molar-refractivity contribution in [2.24, 2.45) is 12.8 Å². The lowest BCUT2D eigenvalue weighted by Gasteiger charge is -2.33. The minimum Gasteiger partial charge on any atom is -0.338 e. The summed E-state index contributed by atoms with van der Waals surface area (Å²) >= 11 is 0. The van der Waals surface area contributed by atoms with Gasteiger partial charge in [-0.05, 0) is 19.3 Å². The summed E-state index contributed by atoms with van der Waals surface area (Å²) in [6, 6.07) is 0. The number of aromatic nitrogens is 2. The van der Waals surface area contributed by atoms with Crippen LogP contribution in [-0.4, -0.2) is 15.1 Å². The van der Waals surface area contributed by atoms with Crippen molar-refractivity contribution in [3.05, 3.63) is 18.2 Å². The molecule has 1 saturated carbocycles. The van der Waals surface area contributed by atoms with E-state index >= 15 is 0 Å². The van der Waals surface area contributed by atoms with E-state index in [4.69, 9.17) is 5.73 Å². The van der Waals surface area contributed by atoms with Gasteiger partial charge in [0.05, 0.1) is 0 Å². The Morgan fingerprint density at radius 3 is 2.73 bits per heavy atom. The van der Waals surface area contributed by atoms with Gasteiger partial charge in [0.15, 0.2) is 0 Å². The van der Waals surface area contributed by atoms with Gasteiger partial charge in [0.25, 0.3) is 0 Å². The summed E-state index contributed by atoms with van der Waals surface area (Å²) in [4.78, 5) is 4.34. The molecule has 0 amide bonds. The predicted molar refractivity (Wildman–Crippen MR) is 61.5 cm³/mol. The van der Waals surface area contributed by atoms with Gasteiger partial charge in [0, 0.05) is 31.4 Å². The second-order valence-corrected chi connectivity index (χ2v) is 4.88. The van der Waals surface area contributed by atoms with Crippen LogP contribution in [-0.2, 0) is 13.5 Å². The number of nitrogens with two attached hydrogens (primary N) is 1. The minimum absolute atomic E-state index is 0.0875. The molecule has 2 N–H and O–H groups in total. The van der Waals surface area contributed by atoms with E-state index in [1.807, 2.05) is 19.4 Å². The van der Waals surface area contributed by atoms with E-state index in [9.17, 15) is 0 Å². The maximum absolute atomic E-state index is 6.39. The Bertz CT molecular complexity index is 310. The molecule has 1 fully saturated rings. The highest BCUT2D eigenvalue weighted by molar-refractivity contribution is 4.96.